The van der Waals surface area contributed by atoms with E-state index in [1.807, 2.05) is 11.3 Å². The Morgan fingerprint density at radius 1 is 0.640 bits per heavy atom. The summed E-state index contributed by atoms with van der Waals surface area (Å²) in [5.41, 5.74) is 6.12. The van der Waals surface area contributed by atoms with Crippen molar-refractivity contribution in [3.05, 3.63) is 46.5 Å². The molecule has 0 amide bonds. The van der Waals surface area contributed by atoms with Gasteiger partial charge in [0.2, 0.25) is 0 Å². The standard InChI is InChI=1S/C24H32S/c1-5-7-9-10-12-20-14-16-22-21-15-13-19(11-8-6-2)17(3)23(21)25-24(22)18(20)4/h13-16H,5-12H2,1-4H3. The smallest absolute Gasteiger partial charge is 0.0387 e. The summed E-state index contributed by atoms with van der Waals surface area (Å²) in [5, 5.41) is 2.92. The first-order valence-electron chi connectivity index (χ1n) is 10.1. The van der Waals surface area contributed by atoms with Crippen LogP contribution >= 0.6 is 11.3 Å². The van der Waals surface area contributed by atoms with E-state index in [1.54, 1.807) is 11.1 Å². The molecule has 0 saturated carbocycles. The van der Waals surface area contributed by atoms with Crippen molar-refractivity contribution in [1.29, 1.82) is 0 Å². The number of hydrogen-bond acceptors (Lipinski definition) is 1. The average molecular weight is 353 g/mol. The number of thiophene rings is 1. The second kappa shape index (κ2) is 8.36. The number of rotatable bonds is 8. The van der Waals surface area contributed by atoms with Gasteiger partial charge in [-0.15, -0.1) is 11.3 Å². The molecule has 1 heteroatoms. The molecule has 3 aromatic rings. The minimum atomic E-state index is 1.22. The highest BCUT2D eigenvalue weighted by Gasteiger charge is 2.13. The summed E-state index contributed by atoms with van der Waals surface area (Å²) in [7, 11) is 0. The molecule has 0 N–H and O–H groups in total. The molecule has 0 aliphatic rings. The molecule has 0 unspecified atom stereocenters. The Kier molecular flexibility index (Phi) is 6.17. The van der Waals surface area contributed by atoms with Gasteiger partial charge in [0.15, 0.2) is 0 Å². The van der Waals surface area contributed by atoms with Gasteiger partial charge in [-0.3, -0.25) is 0 Å². The number of fused-ring (bicyclic) bond motifs is 3. The van der Waals surface area contributed by atoms with Crippen LogP contribution in [0.2, 0.25) is 0 Å². The van der Waals surface area contributed by atoms with Crippen molar-refractivity contribution in [2.75, 3.05) is 0 Å². The maximum atomic E-state index is 2.39. The molecule has 0 aliphatic carbocycles. The van der Waals surface area contributed by atoms with Gasteiger partial charge in [-0.25, -0.2) is 0 Å². The van der Waals surface area contributed by atoms with Gasteiger partial charge in [0.25, 0.3) is 0 Å². The molecule has 134 valence electrons. The first kappa shape index (κ1) is 18.5. The minimum absolute atomic E-state index is 1.22. The van der Waals surface area contributed by atoms with Crippen LogP contribution in [-0.2, 0) is 12.8 Å². The molecule has 2 aromatic carbocycles. The van der Waals surface area contributed by atoms with Crippen LogP contribution in [-0.4, -0.2) is 0 Å². The van der Waals surface area contributed by atoms with Crippen molar-refractivity contribution in [3.8, 4) is 0 Å². The van der Waals surface area contributed by atoms with Gasteiger partial charge in [0.1, 0.15) is 0 Å². The molecule has 1 heterocycles. The third-order valence-corrected chi connectivity index (χ3v) is 7.09. The van der Waals surface area contributed by atoms with E-state index in [4.69, 9.17) is 0 Å². The zero-order valence-corrected chi connectivity index (χ0v) is 17.2. The summed E-state index contributed by atoms with van der Waals surface area (Å²) in [6.45, 7) is 9.22. The fourth-order valence-electron chi connectivity index (χ4n) is 3.91. The van der Waals surface area contributed by atoms with Crippen LogP contribution < -0.4 is 0 Å². The summed E-state index contributed by atoms with van der Waals surface area (Å²) < 4.78 is 3.02. The molecular weight excluding hydrogens is 320 g/mol. The Hall–Kier alpha value is -1.34. The van der Waals surface area contributed by atoms with Crippen molar-refractivity contribution in [1.82, 2.24) is 0 Å². The van der Waals surface area contributed by atoms with E-state index in [1.165, 1.54) is 82.7 Å². The molecule has 0 fully saturated rings. The van der Waals surface area contributed by atoms with Crippen LogP contribution in [0.25, 0.3) is 20.2 Å². The lowest BCUT2D eigenvalue weighted by Gasteiger charge is -2.07. The summed E-state index contributed by atoms with van der Waals surface area (Å²) in [5.74, 6) is 0. The maximum Gasteiger partial charge on any atom is 0.0387 e. The second-order valence-corrected chi connectivity index (χ2v) is 8.49. The lowest BCUT2D eigenvalue weighted by molar-refractivity contribution is 0.666. The number of unbranched alkanes of at least 4 members (excludes halogenated alkanes) is 4. The van der Waals surface area contributed by atoms with E-state index in [-0.39, 0.29) is 0 Å². The van der Waals surface area contributed by atoms with Crippen LogP contribution in [0.3, 0.4) is 0 Å². The molecule has 0 aliphatic heterocycles. The topological polar surface area (TPSA) is 0 Å². The highest BCUT2D eigenvalue weighted by atomic mass is 32.1. The van der Waals surface area contributed by atoms with E-state index in [2.05, 4.69) is 52.0 Å². The van der Waals surface area contributed by atoms with Crippen molar-refractivity contribution >= 4 is 31.5 Å². The van der Waals surface area contributed by atoms with E-state index in [9.17, 15) is 0 Å². The largest absolute Gasteiger partial charge is 0.135 e. The van der Waals surface area contributed by atoms with Crippen LogP contribution in [0.5, 0.6) is 0 Å². The predicted molar refractivity (Wildman–Crippen MR) is 115 cm³/mol. The highest BCUT2D eigenvalue weighted by Crippen LogP contribution is 2.39. The molecular formula is C24H32S. The molecule has 0 bridgehead atoms. The quantitative estimate of drug-likeness (QED) is 0.359. The Balaban J connectivity index is 1.98. The molecule has 3 rings (SSSR count). The summed E-state index contributed by atoms with van der Waals surface area (Å²) in [6.07, 6.45) is 10.4. The molecule has 0 nitrogen and oxygen atoms in total. The van der Waals surface area contributed by atoms with Gasteiger partial charge >= 0.3 is 0 Å². The van der Waals surface area contributed by atoms with Gasteiger partial charge in [0.05, 0.1) is 0 Å². The number of hydrogen-bond donors (Lipinski definition) is 0. The van der Waals surface area contributed by atoms with Crippen molar-refractivity contribution in [3.63, 3.8) is 0 Å². The van der Waals surface area contributed by atoms with Crippen LogP contribution in [0.4, 0.5) is 0 Å². The SMILES string of the molecule is CCCCCCc1ccc2c(sc3c(C)c(CCCC)ccc32)c1C. The Bertz CT molecular complexity index is 854. The monoisotopic (exact) mass is 352 g/mol. The first-order valence-corrected chi connectivity index (χ1v) is 10.9. The third kappa shape index (κ3) is 3.77. The Morgan fingerprint density at radius 2 is 1.16 bits per heavy atom. The molecule has 25 heavy (non-hydrogen) atoms. The first-order chi connectivity index (χ1) is 12.2. The van der Waals surface area contributed by atoms with Crippen LogP contribution in [0, 0.1) is 13.8 Å². The van der Waals surface area contributed by atoms with E-state index in [0.29, 0.717) is 0 Å². The summed E-state index contributed by atoms with van der Waals surface area (Å²) in [6, 6.07) is 9.50. The van der Waals surface area contributed by atoms with E-state index in [0.717, 1.165) is 0 Å². The zero-order chi connectivity index (χ0) is 17.8. The van der Waals surface area contributed by atoms with Crippen molar-refractivity contribution < 1.29 is 0 Å². The lowest BCUT2D eigenvalue weighted by Crippen LogP contribution is -1.90. The van der Waals surface area contributed by atoms with Crippen LogP contribution in [0.15, 0.2) is 24.3 Å². The van der Waals surface area contributed by atoms with Gasteiger partial charge in [-0.1, -0.05) is 63.8 Å². The third-order valence-electron chi connectivity index (χ3n) is 5.63. The zero-order valence-electron chi connectivity index (χ0n) is 16.4. The lowest BCUT2D eigenvalue weighted by atomic mass is 9.97. The Labute approximate surface area is 157 Å². The molecule has 0 spiro atoms. The fourth-order valence-corrected chi connectivity index (χ4v) is 5.25. The van der Waals surface area contributed by atoms with Crippen molar-refractivity contribution in [2.45, 2.75) is 79.1 Å². The van der Waals surface area contributed by atoms with Gasteiger partial charge < -0.3 is 0 Å². The van der Waals surface area contributed by atoms with E-state index >= 15 is 0 Å². The number of benzene rings is 2. The Morgan fingerprint density at radius 3 is 1.68 bits per heavy atom. The molecule has 1 aromatic heterocycles. The highest BCUT2D eigenvalue weighted by molar-refractivity contribution is 7.26. The normalized spacial score (nSPS) is 11.7. The summed E-state index contributed by atoms with van der Waals surface area (Å²) in [4.78, 5) is 0. The number of aryl methyl sites for hydroxylation is 4. The predicted octanol–water partition coefficient (Wildman–Crippen LogP) is 8.14. The van der Waals surface area contributed by atoms with Gasteiger partial charge in [0, 0.05) is 20.2 Å². The van der Waals surface area contributed by atoms with Crippen LogP contribution in [0.1, 0.15) is 74.6 Å². The summed E-state index contributed by atoms with van der Waals surface area (Å²) >= 11 is 2.02. The second-order valence-electron chi connectivity index (χ2n) is 7.47. The minimum Gasteiger partial charge on any atom is -0.135 e. The van der Waals surface area contributed by atoms with Crippen molar-refractivity contribution in [2.24, 2.45) is 0 Å². The molecule has 0 atom stereocenters. The average Bonchev–Trinajstić information content (AvgIpc) is 3.00. The molecule has 0 radical (unpaired) electrons. The molecule has 0 saturated heterocycles. The maximum absolute atomic E-state index is 2.39. The van der Waals surface area contributed by atoms with E-state index < -0.39 is 0 Å². The van der Waals surface area contributed by atoms with Gasteiger partial charge in [-0.05, 0) is 61.8 Å². The fraction of sp³-hybridized carbons (Fsp3) is 0.500. The van der Waals surface area contributed by atoms with Gasteiger partial charge in [-0.2, -0.15) is 0 Å².